The molecule has 2 amide bonds. The number of anilines is 1. The number of rotatable bonds is 16. The third kappa shape index (κ3) is 11.1. The summed E-state index contributed by atoms with van der Waals surface area (Å²) >= 11 is 0. The molecule has 12 heteroatoms. The van der Waals surface area contributed by atoms with Crippen LogP contribution in [-0.2, 0) is 32.2 Å². The SMILES string of the molecule is O=C(CCCCCCC(=O)NCc1cccc(-c2cccc([C@H]3O[C@@H](CN4CCN(c5ncccn5)CC4)C[C@@H](c4ccc(CO)cc4)O3)c2)c1)NO. The number of piperazine rings is 1. The van der Waals surface area contributed by atoms with Crippen LogP contribution in [0.4, 0.5) is 5.95 Å². The van der Waals surface area contributed by atoms with Gasteiger partial charge in [0.25, 0.3) is 0 Å². The summed E-state index contributed by atoms with van der Waals surface area (Å²) in [5.74, 6) is 0.385. The van der Waals surface area contributed by atoms with E-state index >= 15 is 0 Å². The number of aromatic nitrogens is 2. The van der Waals surface area contributed by atoms with Crippen LogP contribution in [0.2, 0.25) is 0 Å². The van der Waals surface area contributed by atoms with E-state index in [1.807, 2.05) is 54.6 Å². The number of nitrogens with one attached hydrogen (secondary N) is 2. The molecule has 0 aliphatic carbocycles. The number of benzene rings is 3. The van der Waals surface area contributed by atoms with Crippen molar-refractivity contribution in [1.29, 1.82) is 0 Å². The van der Waals surface area contributed by atoms with Gasteiger partial charge in [-0.15, -0.1) is 0 Å². The van der Waals surface area contributed by atoms with Crippen molar-refractivity contribution in [3.05, 3.63) is 114 Å². The first-order chi connectivity index (χ1) is 26.0. The van der Waals surface area contributed by atoms with Gasteiger partial charge >= 0.3 is 0 Å². The van der Waals surface area contributed by atoms with Crippen molar-refractivity contribution in [2.45, 2.75) is 76.6 Å². The van der Waals surface area contributed by atoms with Crippen molar-refractivity contribution in [2.24, 2.45) is 0 Å². The first kappa shape index (κ1) is 38.0. The fourth-order valence-corrected chi connectivity index (χ4v) is 6.90. The topological polar surface area (TPSA) is 149 Å². The Bertz CT molecular complexity index is 1750. The van der Waals surface area contributed by atoms with E-state index in [9.17, 15) is 14.7 Å². The average molecular weight is 723 g/mol. The van der Waals surface area contributed by atoms with Crippen molar-refractivity contribution < 1.29 is 29.4 Å². The second-order valence-corrected chi connectivity index (χ2v) is 13.7. The lowest BCUT2D eigenvalue weighted by atomic mass is 9.98. The lowest BCUT2D eigenvalue weighted by Crippen LogP contribution is -2.50. The van der Waals surface area contributed by atoms with Crippen LogP contribution < -0.4 is 15.7 Å². The van der Waals surface area contributed by atoms with Gasteiger partial charge in [-0.2, -0.15) is 0 Å². The molecule has 0 unspecified atom stereocenters. The fourth-order valence-electron chi connectivity index (χ4n) is 6.90. The Kier molecular flexibility index (Phi) is 13.9. The Morgan fingerprint density at radius 1 is 0.755 bits per heavy atom. The second-order valence-electron chi connectivity index (χ2n) is 13.7. The molecular formula is C41H50N6O6. The van der Waals surface area contributed by atoms with Gasteiger partial charge in [0.1, 0.15) is 0 Å². The van der Waals surface area contributed by atoms with Gasteiger partial charge in [0, 0.05) is 76.5 Å². The van der Waals surface area contributed by atoms with Gasteiger partial charge in [-0.1, -0.05) is 73.5 Å². The van der Waals surface area contributed by atoms with E-state index in [1.54, 1.807) is 17.9 Å². The normalized spacial score (nSPS) is 19.1. The summed E-state index contributed by atoms with van der Waals surface area (Å²) in [4.78, 5) is 37.1. The lowest BCUT2D eigenvalue weighted by Gasteiger charge is -2.40. The van der Waals surface area contributed by atoms with Gasteiger partial charge in [-0.05, 0) is 58.9 Å². The summed E-state index contributed by atoms with van der Waals surface area (Å²) in [5, 5.41) is 21.2. The number of carbonyl (C=O) groups is 2. The second kappa shape index (κ2) is 19.4. The summed E-state index contributed by atoms with van der Waals surface area (Å²) in [7, 11) is 0. The first-order valence-electron chi connectivity index (χ1n) is 18.6. The van der Waals surface area contributed by atoms with E-state index in [4.69, 9.17) is 14.7 Å². The van der Waals surface area contributed by atoms with Crippen molar-refractivity contribution >= 4 is 17.8 Å². The zero-order chi connectivity index (χ0) is 36.8. The van der Waals surface area contributed by atoms with Crippen LogP contribution in [0.25, 0.3) is 11.1 Å². The molecule has 4 aromatic rings. The molecule has 0 spiro atoms. The number of aliphatic hydroxyl groups excluding tert-OH is 1. The summed E-state index contributed by atoms with van der Waals surface area (Å²) in [6.07, 6.45) is 7.33. The van der Waals surface area contributed by atoms with Gasteiger partial charge < -0.3 is 24.8 Å². The summed E-state index contributed by atoms with van der Waals surface area (Å²) in [6.45, 7) is 4.69. The van der Waals surface area contributed by atoms with Crippen molar-refractivity contribution in [2.75, 3.05) is 37.6 Å². The molecule has 280 valence electrons. The molecule has 0 bridgehead atoms. The molecule has 4 N–H and O–H groups in total. The van der Waals surface area contributed by atoms with Crippen LogP contribution >= 0.6 is 0 Å². The molecule has 0 saturated carbocycles. The van der Waals surface area contributed by atoms with Crippen LogP contribution in [0.15, 0.2) is 91.3 Å². The fraction of sp³-hybridized carbons (Fsp3) is 0.415. The highest BCUT2D eigenvalue weighted by Gasteiger charge is 2.34. The average Bonchev–Trinajstić information content (AvgIpc) is 3.22. The number of nitrogens with zero attached hydrogens (tertiary/aromatic N) is 4. The molecule has 3 aromatic carbocycles. The smallest absolute Gasteiger partial charge is 0.243 e. The molecule has 53 heavy (non-hydrogen) atoms. The summed E-state index contributed by atoms with van der Waals surface area (Å²) in [5.41, 5.74) is 7.57. The van der Waals surface area contributed by atoms with E-state index in [2.05, 4.69) is 49.4 Å². The lowest BCUT2D eigenvalue weighted by molar-refractivity contribution is -0.253. The Morgan fingerprint density at radius 3 is 2.17 bits per heavy atom. The molecule has 2 fully saturated rings. The van der Waals surface area contributed by atoms with Crippen LogP contribution in [0.5, 0.6) is 0 Å². The molecule has 2 saturated heterocycles. The van der Waals surface area contributed by atoms with Crippen LogP contribution in [0, 0.1) is 0 Å². The predicted octanol–water partition coefficient (Wildman–Crippen LogP) is 5.47. The van der Waals surface area contributed by atoms with E-state index in [0.29, 0.717) is 25.8 Å². The Labute approximate surface area is 311 Å². The summed E-state index contributed by atoms with van der Waals surface area (Å²) < 4.78 is 13.4. The monoisotopic (exact) mass is 722 g/mol. The van der Waals surface area contributed by atoms with E-state index in [1.165, 1.54) is 0 Å². The number of hydroxylamine groups is 1. The number of carbonyl (C=O) groups excluding carboxylic acids is 2. The molecule has 2 aliphatic rings. The number of hydrogen-bond donors (Lipinski definition) is 4. The van der Waals surface area contributed by atoms with Crippen LogP contribution in [0.3, 0.4) is 0 Å². The minimum atomic E-state index is -0.565. The number of ether oxygens (including phenoxy) is 2. The Morgan fingerprint density at radius 2 is 1.45 bits per heavy atom. The molecule has 6 rings (SSSR count). The summed E-state index contributed by atoms with van der Waals surface area (Å²) in [6, 6.07) is 26.3. The maximum absolute atomic E-state index is 12.5. The van der Waals surface area contributed by atoms with Crippen LogP contribution in [0.1, 0.15) is 79.6 Å². The highest BCUT2D eigenvalue weighted by atomic mass is 16.7. The molecular weight excluding hydrogens is 672 g/mol. The zero-order valence-electron chi connectivity index (χ0n) is 30.1. The third-order valence-electron chi connectivity index (χ3n) is 9.88. The van der Waals surface area contributed by atoms with E-state index in [-0.39, 0.29) is 37.0 Å². The maximum atomic E-state index is 12.5. The minimum Gasteiger partial charge on any atom is -0.392 e. The Hall–Kier alpha value is -4.72. The molecule has 1 aromatic heterocycles. The van der Waals surface area contributed by atoms with Crippen molar-refractivity contribution in [1.82, 2.24) is 25.7 Å². The zero-order valence-corrected chi connectivity index (χ0v) is 30.1. The van der Waals surface area contributed by atoms with Gasteiger partial charge in [0.15, 0.2) is 6.29 Å². The van der Waals surface area contributed by atoms with Gasteiger partial charge in [0.05, 0.1) is 18.8 Å². The molecule has 0 radical (unpaired) electrons. The van der Waals surface area contributed by atoms with Crippen molar-refractivity contribution in [3.8, 4) is 11.1 Å². The number of amides is 2. The van der Waals surface area contributed by atoms with E-state index in [0.717, 1.165) is 91.3 Å². The Balaban J connectivity index is 1.08. The van der Waals surface area contributed by atoms with Gasteiger partial charge in [-0.3, -0.25) is 19.7 Å². The molecule has 12 nitrogen and oxygen atoms in total. The highest BCUT2D eigenvalue weighted by molar-refractivity contribution is 5.76. The standard InChI is InChI=1S/C41H50N6O6/c48-29-30-14-16-32(17-15-30)37-26-36(28-46-20-22-47(23-21-46)41-42-18-7-19-43-41)52-40(53-37)35-11-6-10-34(25-35)33-9-5-8-31(24-33)27-44-38(49)12-3-1-2-4-13-39(50)45-51/h5-11,14-19,24-25,36-37,40,48,51H,1-4,12-13,20-23,26-29H2,(H,44,49)(H,45,50)/t36-,37+,40+/m1/s1. The van der Waals surface area contributed by atoms with Crippen molar-refractivity contribution in [3.63, 3.8) is 0 Å². The van der Waals surface area contributed by atoms with Crippen LogP contribution in [-0.4, -0.2) is 75.8 Å². The molecule has 3 atom stereocenters. The number of unbranched alkanes of at least 4 members (excludes halogenated alkanes) is 3. The third-order valence-corrected chi connectivity index (χ3v) is 9.88. The molecule has 2 aliphatic heterocycles. The largest absolute Gasteiger partial charge is 0.392 e. The number of aliphatic hydroxyl groups is 1. The maximum Gasteiger partial charge on any atom is 0.243 e. The first-order valence-corrected chi connectivity index (χ1v) is 18.6. The minimum absolute atomic E-state index is 0.000651. The predicted molar refractivity (Wildman–Crippen MR) is 200 cm³/mol. The molecule has 3 heterocycles. The van der Waals surface area contributed by atoms with Gasteiger partial charge in [0.2, 0.25) is 17.8 Å². The number of hydrogen-bond acceptors (Lipinski definition) is 10. The highest BCUT2D eigenvalue weighted by Crippen LogP contribution is 2.39. The quantitative estimate of drug-likeness (QED) is 0.0667. The van der Waals surface area contributed by atoms with E-state index < -0.39 is 6.29 Å². The van der Waals surface area contributed by atoms with Gasteiger partial charge in [-0.25, -0.2) is 15.4 Å².